The second-order valence-corrected chi connectivity index (χ2v) is 10.2. The Morgan fingerprint density at radius 3 is 2.25 bits per heavy atom. The van der Waals surface area contributed by atoms with Crippen molar-refractivity contribution in [1.82, 2.24) is 9.03 Å². The zero-order valence-corrected chi connectivity index (χ0v) is 13.8. The minimum Gasteiger partial charge on any atom is -0.213 e. The van der Waals surface area contributed by atoms with Gasteiger partial charge in [-0.3, -0.25) is 0 Å². The van der Waals surface area contributed by atoms with Gasteiger partial charge in [0.25, 0.3) is 10.0 Å². The average molecular weight is 338 g/mol. The second-order valence-electron chi connectivity index (χ2n) is 4.93. The van der Waals surface area contributed by atoms with Gasteiger partial charge in [-0.1, -0.05) is 0 Å². The van der Waals surface area contributed by atoms with Crippen LogP contribution in [-0.2, 0) is 20.0 Å². The van der Waals surface area contributed by atoms with Crippen LogP contribution in [0.25, 0.3) is 0 Å². The molecule has 2 heterocycles. The Labute approximate surface area is 123 Å². The number of nitrogens with zero attached hydrogens (tertiary/aromatic N) is 1. The number of hydrogen-bond donors (Lipinski definition) is 1. The van der Waals surface area contributed by atoms with Gasteiger partial charge in [0.2, 0.25) is 10.0 Å². The molecule has 0 amide bonds. The first-order chi connectivity index (χ1) is 9.18. The van der Waals surface area contributed by atoms with Gasteiger partial charge in [-0.15, -0.1) is 11.3 Å². The summed E-state index contributed by atoms with van der Waals surface area (Å²) in [6, 6.07) is 3.23. The van der Waals surface area contributed by atoms with E-state index in [4.69, 9.17) is 0 Å². The molecule has 0 atom stereocenters. The molecule has 20 heavy (non-hydrogen) atoms. The van der Waals surface area contributed by atoms with Gasteiger partial charge < -0.3 is 0 Å². The summed E-state index contributed by atoms with van der Waals surface area (Å²) in [6.45, 7) is 2.55. The van der Waals surface area contributed by atoms with Gasteiger partial charge in [-0.2, -0.15) is 4.31 Å². The SMILES string of the molecule is Cc1ccc(S(=O)(=O)N2CCC(NS(C)(=O)=O)CC2)s1. The number of aryl methyl sites for hydroxylation is 1. The minimum absolute atomic E-state index is 0.179. The van der Waals surface area contributed by atoms with Crippen LogP contribution in [0.1, 0.15) is 17.7 Å². The van der Waals surface area contributed by atoms with Gasteiger partial charge in [0.15, 0.2) is 0 Å². The first-order valence-electron chi connectivity index (χ1n) is 6.22. The number of nitrogens with one attached hydrogen (secondary N) is 1. The largest absolute Gasteiger partial charge is 0.252 e. The molecule has 1 N–H and O–H groups in total. The third kappa shape index (κ3) is 3.79. The van der Waals surface area contributed by atoms with Crippen molar-refractivity contribution in [2.75, 3.05) is 19.3 Å². The third-order valence-electron chi connectivity index (χ3n) is 3.14. The molecule has 1 aromatic rings. The van der Waals surface area contributed by atoms with Crippen LogP contribution in [0, 0.1) is 6.92 Å². The lowest BCUT2D eigenvalue weighted by molar-refractivity contribution is 0.309. The first-order valence-corrected chi connectivity index (χ1v) is 10.4. The Hall–Kier alpha value is -0.480. The molecule has 0 saturated carbocycles. The number of rotatable bonds is 4. The Balaban J connectivity index is 2.04. The van der Waals surface area contributed by atoms with Gasteiger partial charge in [0, 0.05) is 24.0 Å². The summed E-state index contributed by atoms with van der Waals surface area (Å²) in [5, 5.41) is 0. The van der Waals surface area contributed by atoms with E-state index in [0.29, 0.717) is 30.1 Å². The van der Waals surface area contributed by atoms with E-state index in [-0.39, 0.29) is 6.04 Å². The molecular weight excluding hydrogens is 320 g/mol. The predicted octanol–water partition coefficient (Wildman–Crippen LogP) is 0.759. The minimum atomic E-state index is -3.43. The molecule has 1 aromatic heterocycles. The van der Waals surface area contributed by atoms with Crippen molar-refractivity contribution in [2.45, 2.75) is 30.0 Å². The van der Waals surface area contributed by atoms with Gasteiger partial charge in [0.1, 0.15) is 4.21 Å². The molecule has 1 aliphatic rings. The molecule has 1 saturated heterocycles. The number of thiophene rings is 1. The molecule has 114 valence electrons. The smallest absolute Gasteiger partial charge is 0.213 e. The summed E-state index contributed by atoms with van der Waals surface area (Å²) in [6.07, 6.45) is 2.11. The van der Waals surface area contributed by atoms with Crippen molar-refractivity contribution < 1.29 is 16.8 Å². The summed E-state index contributed by atoms with van der Waals surface area (Å²) >= 11 is 1.26. The molecule has 0 spiro atoms. The summed E-state index contributed by atoms with van der Waals surface area (Å²) in [5.41, 5.74) is 0. The Bertz CT molecular complexity index is 670. The first kappa shape index (κ1) is 15.9. The highest BCUT2D eigenvalue weighted by Gasteiger charge is 2.31. The van der Waals surface area contributed by atoms with Crippen molar-refractivity contribution in [3.63, 3.8) is 0 Å². The summed E-state index contributed by atoms with van der Waals surface area (Å²) in [7, 11) is -6.68. The lowest BCUT2D eigenvalue weighted by Crippen LogP contribution is -2.46. The van der Waals surface area contributed by atoms with E-state index in [1.807, 2.05) is 6.92 Å². The van der Waals surface area contributed by atoms with Gasteiger partial charge in [-0.05, 0) is 31.9 Å². The van der Waals surface area contributed by atoms with E-state index in [9.17, 15) is 16.8 Å². The van der Waals surface area contributed by atoms with Crippen LogP contribution in [0.3, 0.4) is 0 Å². The summed E-state index contributed by atoms with van der Waals surface area (Å²) in [5.74, 6) is 0. The zero-order valence-electron chi connectivity index (χ0n) is 11.4. The maximum absolute atomic E-state index is 12.4. The van der Waals surface area contributed by atoms with Crippen LogP contribution >= 0.6 is 11.3 Å². The molecule has 6 nitrogen and oxygen atoms in total. The Kier molecular flexibility index (Phi) is 4.55. The van der Waals surface area contributed by atoms with E-state index in [1.165, 1.54) is 15.6 Å². The van der Waals surface area contributed by atoms with Crippen LogP contribution in [0.5, 0.6) is 0 Å². The van der Waals surface area contributed by atoms with Crippen LogP contribution in [-0.4, -0.2) is 46.5 Å². The van der Waals surface area contributed by atoms with Crippen molar-refractivity contribution in [3.8, 4) is 0 Å². The van der Waals surface area contributed by atoms with Crippen LogP contribution in [0.2, 0.25) is 0 Å². The average Bonchev–Trinajstić information content (AvgIpc) is 2.75. The van der Waals surface area contributed by atoms with Gasteiger partial charge >= 0.3 is 0 Å². The molecule has 0 bridgehead atoms. The van der Waals surface area contributed by atoms with E-state index in [2.05, 4.69) is 4.72 Å². The number of sulfonamides is 2. The van der Waals surface area contributed by atoms with Gasteiger partial charge in [0.05, 0.1) is 6.26 Å². The molecule has 0 aliphatic carbocycles. The maximum atomic E-state index is 12.4. The fourth-order valence-corrected chi connectivity index (χ4v) is 5.94. The van der Waals surface area contributed by atoms with Crippen LogP contribution in [0.4, 0.5) is 0 Å². The van der Waals surface area contributed by atoms with E-state index in [0.717, 1.165) is 11.1 Å². The second kappa shape index (κ2) is 5.72. The van der Waals surface area contributed by atoms with E-state index in [1.54, 1.807) is 12.1 Å². The summed E-state index contributed by atoms with van der Waals surface area (Å²) in [4.78, 5) is 0.956. The standard InChI is InChI=1S/C11H18N2O4S3/c1-9-3-4-11(18-9)20(16,17)13-7-5-10(6-8-13)12-19(2,14)15/h3-4,10,12H,5-8H2,1-2H3. The fraction of sp³-hybridized carbons (Fsp3) is 0.636. The van der Waals surface area contributed by atoms with Crippen LogP contribution < -0.4 is 4.72 Å². The molecule has 1 fully saturated rings. The summed E-state index contributed by atoms with van der Waals surface area (Å²) < 4.78 is 51.4. The number of piperidine rings is 1. The van der Waals surface area contributed by atoms with E-state index >= 15 is 0 Å². The topological polar surface area (TPSA) is 83.6 Å². The molecule has 0 radical (unpaired) electrons. The monoisotopic (exact) mass is 338 g/mol. The van der Waals surface area contributed by atoms with Crippen molar-refractivity contribution in [3.05, 3.63) is 17.0 Å². The van der Waals surface area contributed by atoms with Crippen molar-refractivity contribution in [1.29, 1.82) is 0 Å². The van der Waals surface area contributed by atoms with Crippen molar-refractivity contribution in [2.24, 2.45) is 0 Å². The predicted molar refractivity (Wildman–Crippen MR) is 78.8 cm³/mol. The highest BCUT2D eigenvalue weighted by molar-refractivity contribution is 7.91. The molecule has 0 unspecified atom stereocenters. The molecule has 1 aliphatic heterocycles. The molecular formula is C11H18N2O4S3. The third-order valence-corrected chi connectivity index (χ3v) is 7.27. The van der Waals surface area contributed by atoms with Crippen molar-refractivity contribution >= 4 is 31.4 Å². The maximum Gasteiger partial charge on any atom is 0.252 e. The Morgan fingerprint density at radius 1 is 1.20 bits per heavy atom. The molecule has 2 rings (SSSR count). The normalized spacial score (nSPS) is 19.3. The van der Waals surface area contributed by atoms with Gasteiger partial charge in [-0.25, -0.2) is 21.6 Å². The lowest BCUT2D eigenvalue weighted by atomic mass is 10.1. The fourth-order valence-electron chi connectivity index (χ4n) is 2.19. The quantitative estimate of drug-likeness (QED) is 0.878. The highest BCUT2D eigenvalue weighted by Crippen LogP contribution is 2.26. The zero-order chi connectivity index (χ0) is 15.0. The highest BCUT2D eigenvalue weighted by atomic mass is 32.2. The molecule has 9 heteroatoms. The Morgan fingerprint density at radius 2 is 1.80 bits per heavy atom. The molecule has 0 aromatic carbocycles. The number of hydrogen-bond acceptors (Lipinski definition) is 5. The van der Waals surface area contributed by atoms with E-state index < -0.39 is 20.0 Å². The van der Waals surface area contributed by atoms with Crippen LogP contribution in [0.15, 0.2) is 16.3 Å². The lowest BCUT2D eigenvalue weighted by Gasteiger charge is -2.30.